The Morgan fingerprint density at radius 3 is 0.516 bits per heavy atom. The minimum absolute atomic E-state index is 1.01. The normalized spacial score (nSPS) is 10.9. The summed E-state index contributed by atoms with van der Waals surface area (Å²) in [5.41, 5.74) is 0. The molecule has 0 aromatic heterocycles. The van der Waals surface area contributed by atoms with Gasteiger partial charge in [-0.25, -0.2) is 0 Å². The van der Waals surface area contributed by atoms with Gasteiger partial charge in [-0.3, -0.25) is 9.83 Å². The Labute approximate surface area is 385 Å². The molecule has 0 saturated carbocycles. The van der Waals surface area contributed by atoms with Crippen LogP contribution in [0.15, 0.2) is 273 Å². The van der Waals surface area contributed by atoms with Crippen LogP contribution in [0.3, 0.4) is 0 Å². The third kappa shape index (κ3) is 11.1. The summed E-state index contributed by atoms with van der Waals surface area (Å²) in [6, 6.07) is 89.8. The first-order valence-corrected chi connectivity index (χ1v) is 27.6. The Balaban J connectivity index is 0.000000155. The van der Waals surface area contributed by atoms with Gasteiger partial charge in [-0.15, -0.1) is 0 Å². The van der Waals surface area contributed by atoms with E-state index < -0.39 is 41.1 Å². The van der Waals surface area contributed by atoms with Crippen LogP contribution in [0.2, 0.25) is 0 Å². The van der Waals surface area contributed by atoms with E-state index in [0.29, 0.717) is 0 Å². The quantitative estimate of drug-likeness (QED) is 0.0756. The zero-order valence-corrected chi connectivity index (χ0v) is 39.4. The Kier molecular flexibility index (Phi) is 17.6. The van der Waals surface area contributed by atoms with Crippen molar-refractivity contribution in [2.45, 2.75) is 0 Å². The van der Waals surface area contributed by atoms with Gasteiger partial charge in [0, 0.05) is 0 Å². The molecule has 6 nitrogen and oxygen atoms in total. The fourth-order valence-corrected chi connectivity index (χ4v) is 17.1. The van der Waals surface area contributed by atoms with Crippen molar-refractivity contribution in [2.24, 2.45) is 0 Å². The molecule has 3 N–H and O–H groups in total. The van der Waals surface area contributed by atoms with Crippen molar-refractivity contribution >= 4 is 71.6 Å². The van der Waals surface area contributed by atoms with Crippen molar-refractivity contribution in [1.82, 2.24) is 0 Å². The maximum absolute atomic E-state index is 11.6. The van der Waals surface area contributed by atoms with Gasteiger partial charge in [0.1, 0.15) is 0 Å². The van der Waals surface area contributed by atoms with Crippen molar-refractivity contribution in [3.05, 3.63) is 273 Å². The van der Waals surface area contributed by atoms with Crippen molar-refractivity contribution in [1.29, 1.82) is 0 Å². The third-order valence-corrected chi connectivity index (χ3v) is 21.6. The van der Waals surface area contributed by atoms with Gasteiger partial charge in [-0.05, 0) is 46.7 Å². The van der Waals surface area contributed by atoms with Crippen molar-refractivity contribution in [2.75, 3.05) is 0 Å². The molecule has 0 spiro atoms. The monoisotopic (exact) mass is 927 g/mol. The Morgan fingerprint density at radius 1 is 0.266 bits per heavy atom. The summed E-state index contributed by atoms with van der Waals surface area (Å²) in [5.74, 6) is 0. The van der Waals surface area contributed by atoms with Gasteiger partial charge in [0.05, 0.1) is 0 Å². The number of benzene rings is 9. The van der Waals surface area contributed by atoms with E-state index in [1.165, 1.54) is 0 Å². The number of rotatable bonds is 10. The van der Waals surface area contributed by atoms with E-state index in [9.17, 15) is 14.8 Å². The van der Waals surface area contributed by atoms with Gasteiger partial charge in [-0.1, -0.05) is 273 Å². The Morgan fingerprint density at radius 2 is 0.391 bits per heavy atom. The fraction of sp³-hybridized carbons (Fsp3) is 0. The molecular weight excluding hydrogens is 880 g/mol. The molecule has 317 valence electrons. The first-order valence-electron chi connectivity index (χ1n) is 20.6. The van der Waals surface area contributed by atoms with Gasteiger partial charge < -0.3 is 9.59 Å². The van der Waals surface area contributed by atoms with E-state index in [2.05, 4.69) is 0 Å². The molecule has 0 fully saturated rings. The minimum atomic E-state index is -2.88. The van der Waals surface area contributed by atoms with E-state index in [-0.39, 0.29) is 0 Å². The SMILES string of the molecule is OO[Si](c1ccccc1)(c1ccccc1)c1ccccc1.O[Si](c1ccccc1)(c1ccccc1)c1ccccc1.O[Si](c1ccccc1)(c1ccccc1)c1ccccc1.[O]=[V]=[O]. The molecule has 9 rings (SSSR count). The summed E-state index contributed by atoms with van der Waals surface area (Å²) in [6.45, 7) is 0. The van der Waals surface area contributed by atoms with Crippen LogP contribution in [0.25, 0.3) is 0 Å². The van der Waals surface area contributed by atoms with Crippen LogP contribution in [0, 0.1) is 0 Å². The summed E-state index contributed by atoms with van der Waals surface area (Å²) in [7, 11) is -8.60. The second kappa shape index (κ2) is 23.9. The van der Waals surface area contributed by atoms with Gasteiger partial charge in [-0.2, -0.15) is 0 Å². The molecule has 0 heterocycles. The molecule has 9 aromatic rings. The van der Waals surface area contributed by atoms with Gasteiger partial charge >= 0.3 is 31.8 Å². The van der Waals surface area contributed by atoms with E-state index in [1.54, 1.807) is 0 Å². The molecule has 0 aliphatic carbocycles. The second-order valence-electron chi connectivity index (χ2n) is 14.6. The standard InChI is InChI=1S/C18H16O2Si.2C18H16OSi.2O.V/c19-20-21(16-10-4-1-5-11-16,17-12-6-2-7-13-17)18-14-8-3-9-15-18;2*19-20(16-10-4-1-5-11-16,17-12-6-2-7-13-17)18-14-8-3-9-15-18;;;/h1-15,19H;2*1-15,19H;;;. The second-order valence-corrected chi connectivity index (χ2v) is 24.4. The topological polar surface area (TPSA) is 104 Å². The van der Waals surface area contributed by atoms with Crippen molar-refractivity contribution in [3.63, 3.8) is 0 Å². The predicted molar refractivity (Wildman–Crippen MR) is 261 cm³/mol. The summed E-state index contributed by atoms with van der Waals surface area (Å²) in [6.07, 6.45) is 0. The van der Waals surface area contributed by atoms with Crippen LogP contribution < -0.4 is 46.7 Å². The van der Waals surface area contributed by atoms with E-state index in [1.807, 2.05) is 273 Å². The molecule has 0 bridgehead atoms. The molecule has 0 aliphatic rings. The van der Waals surface area contributed by atoms with Crippen molar-refractivity contribution < 1.29 is 43.0 Å². The number of hydrogen-bond acceptors (Lipinski definition) is 6. The van der Waals surface area contributed by atoms with Crippen LogP contribution in [-0.4, -0.2) is 39.8 Å². The summed E-state index contributed by atoms with van der Waals surface area (Å²) >= 11 is -1.81. The van der Waals surface area contributed by atoms with Crippen molar-refractivity contribution in [3.8, 4) is 0 Å². The average Bonchev–Trinajstić information content (AvgIpc) is 3.39. The first-order chi connectivity index (χ1) is 31.4. The molecule has 0 amide bonds. The van der Waals surface area contributed by atoms with E-state index in [0.717, 1.165) is 46.7 Å². The average molecular weight is 928 g/mol. The molecule has 0 radical (unpaired) electrons. The van der Waals surface area contributed by atoms with Crippen LogP contribution in [0.5, 0.6) is 0 Å². The van der Waals surface area contributed by atoms with Gasteiger partial charge in [0.15, 0.2) is 0 Å². The summed E-state index contributed by atoms with van der Waals surface area (Å²) < 4.78 is 22.2. The molecule has 0 unspecified atom stereocenters. The summed E-state index contributed by atoms with van der Waals surface area (Å²) in [4.78, 5) is 23.1. The molecule has 9 aromatic carbocycles. The number of hydrogen-bond donors (Lipinski definition) is 3. The molecular formula is C54H48O6Si3V. The molecule has 0 saturated heterocycles. The van der Waals surface area contributed by atoms with Crippen LogP contribution >= 0.6 is 0 Å². The van der Waals surface area contributed by atoms with E-state index >= 15 is 0 Å². The molecule has 0 atom stereocenters. The van der Waals surface area contributed by atoms with Crippen LogP contribution in [0.1, 0.15) is 0 Å². The Hall–Kier alpha value is -6.34. The fourth-order valence-electron chi connectivity index (χ4n) is 7.75. The van der Waals surface area contributed by atoms with E-state index in [4.69, 9.17) is 11.9 Å². The predicted octanol–water partition coefficient (Wildman–Crippen LogP) is 5.19. The molecule has 10 heteroatoms. The van der Waals surface area contributed by atoms with Crippen LogP contribution in [-0.2, 0) is 28.1 Å². The zero-order valence-electron chi connectivity index (χ0n) is 35.0. The summed E-state index contributed by atoms with van der Waals surface area (Å²) in [5, 5.41) is 19.0. The Bertz CT molecular complexity index is 2310. The molecule has 64 heavy (non-hydrogen) atoms. The first kappa shape index (κ1) is 47.1. The van der Waals surface area contributed by atoms with Gasteiger partial charge in [0.2, 0.25) is 0 Å². The third-order valence-electron chi connectivity index (χ3n) is 10.8. The van der Waals surface area contributed by atoms with Gasteiger partial charge in [0.25, 0.3) is 16.6 Å². The zero-order chi connectivity index (χ0) is 44.9. The van der Waals surface area contributed by atoms with Crippen LogP contribution in [0.4, 0.5) is 0 Å². The molecule has 0 aliphatic heterocycles. The maximum atomic E-state index is 11.6.